The van der Waals surface area contributed by atoms with E-state index < -0.39 is 0 Å². The van der Waals surface area contributed by atoms with Crippen LogP contribution in [0, 0.1) is 0 Å². The number of halogens is 2. The molecular formula is C20H23Cl2N3O. The molecule has 3 rings (SSSR count). The lowest BCUT2D eigenvalue weighted by atomic mass is 10.2. The average Bonchev–Trinajstić information content (AvgIpc) is 2.65. The summed E-state index contributed by atoms with van der Waals surface area (Å²) >= 11 is 12.2. The van der Waals surface area contributed by atoms with E-state index in [4.69, 9.17) is 23.2 Å². The lowest BCUT2D eigenvalue weighted by Gasteiger charge is -2.34. The summed E-state index contributed by atoms with van der Waals surface area (Å²) in [5.41, 5.74) is 2.20. The fraction of sp³-hybridized carbons (Fsp3) is 0.350. The van der Waals surface area contributed by atoms with Gasteiger partial charge >= 0.3 is 0 Å². The van der Waals surface area contributed by atoms with Crippen molar-refractivity contribution < 1.29 is 4.79 Å². The van der Waals surface area contributed by atoms with Crippen LogP contribution in [-0.2, 0) is 17.9 Å². The first kappa shape index (κ1) is 19.2. The molecule has 1 aliphatic rings. The van der Waals surface area contributed by atoms with Crippen LogP contribution in [0.4, 0.5) is 0 Å². The van der Waals surface area contributed by atoms with Crippen LogP contribution >= 0.6 is 23.2 Å². The van der Waals surface area contributed by atoms with E-state index in [2.05, 4.69) is 15.1 Å². The minimum absolute atomic E-state index is 0.0723. The minimum Gasteiger partial charge on any atom is -0.351 e. The monoisotopic (exact) mass is 391 g/mol. The van der Waals surface area contributed by atoms with Crippen LogP contribution in [0.1, 0.15) is 11.1 Å². The van der Waals surface area contributed by atoms with Crippen molar-refractivity contribution in [2.45, 2.75) is 13.1 Å². The van der Waals surface area contributed by atoms with E-state index in [1.165, 1.54) is 0 Å². The molecule has 1 saturated heterocycles. The second kappa shape index (κ2) is 9.38. The van der Waals surface area contributed by atoms with E-state index in [1.54, 1.807) is 6.07 Å². The van der Waals surface area contributed by atoms with Gasteiger partial charge < -0.3 is 5.32 Å². The normalized spacial score (nSPS) is 15.8. The number of amides is 1. The Balaban J connectivity index is 1.40. The summed E-state index contributed by atoms with van der Waals surface area (Å²) in [6, 6.07) is 15.6. The molecule has 138 valence electrons. The van der Waals surface area contributed by atoms with Crippen LogP contribution in [0.3, 0.4) is 0 Å². The van der Waals surface area contributed by atoms with Gasteiger partial charge in [0.25, 0.3) is 0 Å². The molecule has 2 aromatic carbocycles. The fourth-order valence-electron chi connectivity index (χ4n) is 3.05. The highest BCUT2D eigenvalue weighted by atomic mass is 35.5. The highest BCUT2D eigenvalue weighted by Gasteiger charge is 2.19. The number of nitrogens with one attached hydrogen (secondary N) is 1. The van der Waals surface area contributed by atoms with Crippen molar-refractivity contribution in [3.63, 3.8) is 0 Å². The first-order chi connectivity index (χ1) is 12.6. The largest absolute Gasteiger partial charge is 0.351 e. The smallest absolute Gasteiger partial charge is 0.234 e. The van der Waals surface area contributed by atoms with Crippen LogP contribution in [0.25, 0.3) is 0 Å². The number of carbonyl (C=O) groups is 1. The fourth-order valence-corrected chi connectivity index (χ4v) is 3.52. The van der Waals surface area contributed by atoms with Gasteiger partial charge in [-0.3, -0.25) is 14.6 Å². The lowest BCUT2D eigenvalue weighted by molar-refractivity contribution is -0.122. The Labute approximate surface area is 164 Å². The van der Waals surface area contributed by atoms with E-state index in [0.717, 1.165) is 43.9 Å². The average molecular weight is 392 g/mol. The van der Waals surface area contributed by atoms with Gasteiger partial charge in [0.15, 0.2) is 0 Å². The van der Waals surface area contributed by atoms with Crippen molar-refractivity contribution in [2.24, 2.45) is 0 Å². The number of nitrogens with zero attached hydrogens (tertiary/aromatic N) is 2. The zero-order chi connectivity index (χ0) is 18.4. The highest BCUT2D eigenvalue weighted by molar-refractivity contribution is 6.35. The van der Waals surface area contributed by atoms with Crippen LogP contribution in [0.2, 0.25) is 10.0 Å². The maximum atomic E-state index is 12.1. The summed E-state index contributed by atoms with van der Waals surface area (Å²) in [6.07, 6.45) is 0. The van der Waals surface area contributed by atoms with Crippen molar-refractivity contribution in [1.82, 2.24) is 15.1 Å². The lowest BCUT2D eigenvalue weighted by Crippen LogP contribution is -2.49. The Morgan fingerprint density at radius 2 is 1.65 bits per heavy atom. The molecule has 0 aliphatic carbocycles. The SMILES string of the molecule is O=C(CN1CCN(Cc2ccc(Cl)cc2Cl)CC1)NCc1ccccc1. The summed E-state index contributed by atoms with van der Waals surface area (Å²) in [5.74, 6) is 0.0723. The maximum absolute atomic E-state index is 12.1. The third-order valence-corrected chi connectivity index (χ3v) is 5.16. The van der Waals surface area contributed by atoms with E-state index in [-0.39, 0.29) is 5.91 Å². The van der Waals surface area contributed by atoms with Gasteiger partial charge in [0.2, 0.25) is 5.91 Å². The van der Waals surface area contributed by atoms with Crippen LogP contribution in [0.15, 0.2) is 48.5 Å². The molecule has 0 radical (unpaired) electrons. The van der Waals surface area contributed by atoms with Gasteiger partial charge in [0.05, 0.1) is 6.54 Å². The second-order valence-electron chi connectivity index (χ2n) is 6.55. The van der Waals surface area contributed by atoms with Gasteiger partial charge in [-0.2, -0.15) is 0 Å². The number of rotatable bonds is 6. The first-order valence-electron chi connectivity index (χ1n) is 8.79. The molecule has 0 atom stereocenters. The zero-order valence-electron chi connectivity index (χ0n) is 14.6. The van der Waals surface area contributed by atoms with Gasteiger partial charge in [-0.25, -0.2) is 0 Å². The molecule has 1 N–H and O–H groups in total. The quantitative estimate of drug-likeness (QED) is 0.818. The summed E-state index contributed by atoms with van der Waals surface area (Å²) in [7, 11) is 0. The summed E-state index contributed by atoms with van der Waals surface area (Å²) in [4.78, 5) is 16.7. The van der Waals surface area contributed by atoms with E-state index in [9.17, 15) is 4.79 Å². The molecule has 0 spiro atoms. The molecule has 4 nitrogen and oxygen atoms in total. The van der Waals surface area contributed by atoms with Gasteiger partial charge in [-0.15, -0.1) is 0 Å². The van der Waals surface area contributed by atoms with E-state index >= 15 is 0 Å². The number of hydrogen-bond donors (Lipinski definition) is 1. The highest BCUT2D eigenvalue weighted by Crippen LogP contribution is 2.22. The summed E-state index contributed by atoms with van der Waals surface area (Å²) in [5, 5.41) is 4.35. The van der Waals surface area contributed by atoms with Crippen LogP contribution < -0.4 is 5.32 Å². The third-order valence-electron chi connectivity index (χ3n) is 4.57. The van der Waals surface area contributed by atoms with Crippen molar-refractivity contribution in [1.29, 1.82) is 0 Å². The van der Waals surface area contributed by atoms with E-state index in [0.29, 0.717) is 23.1 Å². The topological polar surface area (TPSA) is 35.6 Å². The van der Waals surface area contributed by atoms with Crippen molar-refractivity contribution in [3.8, 4) is 0 Å². The molecule has 1 fully saturated rings. The molecule has 1 heterocycles. The molecule has 1 amide bonds. The van der Waals surface area contributed by atoms with Crippen molar-refractivity contribution >= 4 is 29.1 Å². The summed E-state index contributed by atoms with van der Waals surface area (Å²) < 4.78 is 0. The predicted molar refractivity (Wildman–Crippen MR) is 106 cm³/mol. The molecular weight excluding hydrogens is 369 g/mol. The Morgan fingerprint density at radius 3 is 2.35 bits per heavy atom. The van der Waals surface area contributed by atoms with E-state index in [1.807, 2.05) is 42.5 Å². The Kier molecular flexibility index (Phi) is 6.92. The number of piperazine rings is 1. The maximum Gasteiger partial charge on any atom is 0.234 e. The first-order valence-corrected chi connectivity index (χ1v) is 9.55. The second-order valence-corrected chi connectivity index (χ2v) is 7.39. The zero-order valence-corrected chi connectivity index (χ0v) is 16.1. The Hall–Kier alpha value is -1.59. The van der Waals surface area contributed by atoms with Crippen LogP contribution in [0.5, 0.6) is 0 Å². The third kappa shape index (κ3) is 5.71. The van der Waals surface area contributed by atoms with Gasteiger partial charge in [0, 0.05) is 49.3 Å². The Bertz CT molecular complexity index is 731. The molecule has 0 aromatic heterocycles. The number of benzene rings is 2. The van der Waals surface area contributed by atoms with Gasteiger partial charge in [-0.05, 0) is 23.3 Å². The molecule has 0 unspecified atom stereocenters. The molecule has 0 bridgehead atoms. The Morgan fingerprint density at radius 1 is 0.962 bits per heavy atom. The molecule has 1 aliphatic heterocycles. The van der Waals surface area contributed by atoms with Crippen LogP contribution in [-0.4, -0.2) is 48.4 Å². The summed E-state index contributed by atoms with van der Waals surface area (Å²) in [6.45, 7) is 5.44. The predicted octanol–water partition coefficient (Wildman–Crippen LogP) is 3.43. The number of hydrogen-bond acceptors (Lipinski definition) is 3. The molecule has 0 saturated carbocycles. The molecule has 6 heteroatoms. The number of carbonyl (C=O) groups excluding carboxylic acids is 1. The molecule has 26 heavy (non-hydrogen) atoms. The minimum atomic E-state index is 0.0723. The van der Waals surface area contributed by atoms with Crippen molar-refractivity contribution in [3.05, 3.63) is 69.7 Å². The van der Waals surface area contributed by atoms with Crippen molar-refractivity contribution in [2.75, 3.05) is 32.7 Å². The van der Waals surface area contributed by atoms with Gasteiger partial charge in [0.1, 0.15) is 0 Å². The molecule has 2 aromatic rings. The standard InChI is InChI=1S/C20H23Cl2N3O/c21-18-7-6-17(19(22)12-18)14-24-8-10-25(11-9-24)15-20(26)23-13-16-4-2-1-3-5-16/h1-7,12H,8-11,13-15H2,(H,23,26). The van der Waals surface area contributed by atoms with Gasteiger partial charge in [-0.1, -0.05) is 59.6 Å².